The molecule has 0 bridgehead atoms. The fourth-order valence-electron chi connectivity index (χ4n) is 1.34. The molecule has 0 aliphatic rings. The molecule has 1 N–H and O–H groups in total. The molecule has 1 aromatic rings. The van der Waals surface area contributed by atoms with Crippen molar-refractivity contribution in [2.75, 3.05) is 18.6 Å². The summed E-state index contributed by atoms with van der Waals surface area (Å²) in [5, 5.41) is 6.46. The van der Waals surface area contributed by atoms with Gasteiger partial charge in [-0.3, -0.25) is 4.79 Å². The molecule has 0 radical (unpaired) electrons. The molecule has 20 heavy (non-hydrogen) atoms. The third-order valence-corrected chi connectivity index (χ3v) is 3.43. The van der Waals surface area contributed by atoms with Gasteiger partial charge in [0.05, 0.1) is 5.75 Å². The summed E-state index contributed by atoms with van der Waals surface area (Å²) in [6.45, 7) is 6.26. The number of carbonyl (C=O) groups is 1. The van der Waals surface area contributed by atoms with Crippen LogP contribution in [0.15, 0.2) is 4.52 Å². The second-order valence-corrected chi connectivity index (χ2v) is 8.01. The van der Waals surface area contributed by atoms with Gasteiger partial charge in [0.2, 0.25) is 11.8 Å². The summed E-state index contributed by atoms with van der Waals surface area (Å²) in [6, 6.07) is 0. The van der Waals surface area contributed by atoms with Gasteiger partial charge in [-0.05, 0) is 0 Å². The van der Waals surface area contributed by atoms with Crippen molar-refractivity contribution in [1.82, 2.24) is 15.5 Å². The first kappa shape index (κ1) is 16.6. The van der Waals surface area contributed by atoms with Gasteiger partial charge in [0, 0.05) is 31.1 Å². The summed E-state index contributed by atoms with van der Waals surface area (Å²) >= 11 is 0. The molecule has 1 amide bonds. The lowest BCUT2D eigenvalue weighted by Gasteiger charge is -2.10. The molecule has 0 aromatic carbocycles. The smallest absolute Gasteiger partial charge is 0.232 e. The average molecular weight is 303 g/mol. The number of carbonyl (C=O) groups excluding carboxylic acids is 1. The Balaban J connectivity index is 2.34. The highest BCUT2D eigenvalue weighted by molar-refractivity contribution is 7.90. The van der Waals surface area contributed by atoms with E-state index in [0.717, 1.165) is 6.26 Å². The Kier molecular flexibility index (Phi) is 5.27. The maximum absolute atomic E-state index is 11.4. The van der Waals surface area contributed by atoms with Crippen molar-refractivity contribution < 1.29 is 17.7 Å². The zero-order valence-electron chi connectivity index (χ0n) is 12.3. The number of hydrogen-bond donors (Lipinski definition) is 1. The Hall–Kier alpha value is -1.44. The van der Waals surface area contributed by atoms with E-state index >= 15 is 0 Å². The molecule has 0 atom stereocenters. The molecule has 0 fully saturated rings. The quantitative estimate of drug-likeness (QED) is 0.819. The number of nitrogens with one attached hydrogen (secondary N) is 1. The lowest BCUT2D eigenvalue weighted by molar-refractivity contribution is -0.120. The molecule has 114 valence electrons. The SMILES string of the molecule is CC(C)(C)c1nc(CCNC(=O)CCS(C)(=O)=O)no1. The van der Waals surface area contributed by atoms with Gasteiger partial charge in [-0.1, -0.05) is 25.9 Å². The first-order chi connectivity index (χ1) is 9.08. The predicted molar refractivity (Wildman–Crippen MR) is 74.0 cm³/mol. The standard InChI is InChI=1S/C12H21N3O4S/c1-12(2,3)11-14-9(15-19-11)5-7-13-10(16)6-8-20(4,17)18/h5-8H2,1-4H3,(H,13,16). The fourth-order valence-corrected chi connectivity index (χ4v) is 1.90. The minimum atomic E-state index is -3.11. The molecule has 0 saturated carbocycles. The van der Waals surface area contributed by atoms with Gasteiger partial charge in [-0.2, -0.15) is 4.98 Å². The fraction of sp³-hybridized carbons (Fsp3) is 0.750. The van der Waals surface area contributed by atoms with Gasteiger partial charge in [-0.25, -0.2) is 8.42 Å². The van der Waals surface area contributed by atoms with E-state index in [4.69, 9.17) is 4.52 Å². The third-order valence-electron chi connectivity index (χ3n) is 2.48. The predicted octanol–water partition coefficient (Wildman–Crippen LogP) is 0.460. The van der Waals surface area contributed by atoms with Crippen LogP contribution in [0.2, 0.25) is 0 Å². The van der Waals surface area contributed by atoms with Crippen molar-refractivity contribution >= 4 is 15.7 Å². The largest absolute Gasteiger partial charge is 0.356 e. The van der Waals surface area contributed by atoms with Crippen molar-refractivity contribution in [1.29, 1.82) is 0 Å². The van der Waals surface area contributed by atoms with Crippen LogP contribution in [-0.4, -0.2) is 43.0 Å². The summed E-state index contributed by atoms with van der Waals surface area (Å²) in [5.74, 6) is 0.638. The zero-order valence-corrected chi connectivity index (χ0v) is 13.1. The van der Waals surface area contributed by atoms with Gasteiger partial charge < -0.3 is 9.84 Å². The Labute approximate surface area is 119 Å². The number of sulfone groups is 1. The van der Waals surface area contributed by atoms with Crippen LogP contribution in [0.25, 0.3) is 0 Å². The van der Waals surface area contributed by atoms with Crippen molar-refractivity contribution in [3.05, 3.63) is 11.7 Å². The molecule has 0 saturated heterocycles. The molecule has 0 spiro atoms. The zero-order chi connectivity index (χ0) is 15.4. The summed E-state index contributed by atoms with van der Waals surface area (Å²) in [7, 11) is -3.11. The normalized spacial score (nSPS) is 12.4. The van der Waals surface area contributed by atoms with Crippen LogP contribution in [0.5, 0.6) is 0 Å². The minimum absolute atomic E-state index is 0.0294. The number of rotatable bonds is 6. The second-order valence-electron chi connectivity index (χ2n) is 5.75. The second kappa shape index (κ2) is 6.34. The lowest BCUT2D eigenvalue weighted by Crippen LogP contribution is -2.27. The van der Waals surface area contributed by atoms with Gasteiger partial charge in [-0.15, -0.1) is 0 Å². The third kappa shape index (κ3) is 6.14. The number of hydrogen-bond acceptors (Lipinski definition) is 6. The molecular weight excluding hydrogens is 282 g/mol. The van der Waals surface area contributed by atoms with E-state index in [2.05, 4.69) is 15.5 Å². The Morgan fingerprint density at radius 1 is 1.35 bits per heavy atom. The summed E-state index contributed by atoms with van der Waals surface area (Å²) < 4.78 is 27.0. The van der Waals surface area contributed by atoms with Crippen LogP contribution in [0, 0.1) is 0 Å². The lowest BCUT2D eigenvalue weighted by atomic mass is 9.97. The van der Waals surface area contributed by atoms with Crippen LogP contribution < -0.4 is 5.32 Å². The Morgan fingerprint density at radius 3 is 2.50 bits per heavy atom. The van der Waals surface area contributed by atoms with Gasteiger partial charge in [0.25, 0.3) is 0 Å². The number of nitrogens with zero attached hydrogens (tertiary/aromatic N) is 2. The monoisotopic (exact) mass is 303 g/mol. The van der Waals surface area contributed by atoms with Crippen molar-refractivity contribution in [3.8, 4) is 0 Å². The molecule has 7 nitrogen and oxygen atoms in total. The van der Waals surface area contributed by atoms with Crippen LogP contribution in [-0.2, 0) is 26.5 Å². The van der Waals surface area contributed by atoms with E-state index in [1.807, 2.05) is 20.8 Å². The molecular formula is C12H21N3O4S. The summed E-state index contributed by atoms with van der Waals surface area (Å²) in [4.78, 5) is 15.6. The van der Waals surface area contributed by atoms with Crippen LogP contribution in [0.1, 0.15) is 38.9 Å². The highest BCUT2D eigenvalue weighted by atomic mass is 32.2. The van der Waals surface area contributed by atoms with Gasteiger partial charge >= 0.3 is 0 Å². The average Bonchev–Trinajstić information content (AvgIpc) is 2.74. The van der Waals surface area contributed by atoms with E-state index in [0.29, 0.717) is 24.7 Å². The van der Waals surface area contributed by atoms with Crippen molar-refractivity contribution in [2.45, 2.75) is 39.0 Å². The maximum atomic E-state index is 11.4. The van der Waals surface area contributed by atoms with Crippen LogP contribution >= 0.6 is 0 Å². The van der Waals surface area contributed by atoms with E-state index in [-0.39, 0.29) is 23.5 Å². The van der Waals surface area contributed by atoms with Crippen LogP contribution in [0.4, 0.5) is 0 Å². The maximum Gasteiger partial charge on any atom is 0.232 e. The van der Waals surface area contributed by atoms with E-state index in [9.17, 15) is 13.2 Å². The number of amides is 1. The molecule has 1 rings (SSSR count). The van der Waals surface area contributed by atoms with E-state index in [1.54, 1.807) is 0 Å². The molecule has 0 aliphatic carbocycles. The molecule has 8 heteroatoms. The topological polar surface area (TPSA) is 102 Å². The van der Waals surface area contributed by atoms with E-state index in [1.165, 1.54) is 0 Å². The molecule has 1 aromatic heterocycles. The summed E-state index contributed by atoms with van der Waals surface area (Å²) in [5.41, 5.74) is -0.204. The minimum Gasteiger partial charge on any atom is -0.356 e. The number of aromatic nitrogens is 2. The van der Waals surface area contributed by atoms with Gasteiger partial charge in [0.15, 0.2) is 5.82 Å². The summed E-state index contributed by atoms with van der Waals surface area (Å²) in [6.07, 6.45) is 1.52. The Morgan fingerprint density at radius 2 is 2.00 bits per heavy atom. The Bertz CT molecular complexity index is 558. The van der Waals surface area contributed by atoms with Gasteiger partial charge in [0.1, 0.15) is 9.84 Å². The highest BCUT2D eigenvalue weighted by Gasteiger charge is 2.21. The molecule has 1 heterocycles. The van der Waals surface area contributed by atoms with Crippen LogP contribution in [0.3, 0.4) is 0 Å². The van der Waals surface area contributed by atoms with Crippen molar-refractivity contribution in [3.63, 3.8) is 0 Å². The first-order valence-electron chi connectivity index (χ1n) is 6.35. The highest BCUT2D eigenvalue weighted by Crippen LogP contribution is 2.19. The molecule has 0 aliphatic heterocycles. The van der Waals surface area contributed by atoms with Crippen molar-refractivity contribution in [2.24, 2.45) is 0 Å². The first-order valence-corrected chi connectivity index (χ1v) is 8.41. The molecule has 0 unspecified atom stereocenters. The van der Waals surface area contributed by atoms with E-state index < -0.39 is 9.84 Å².